The molecule has 30 heavy (non-hydrogen) atoms. The first-order chi connectivity index (χ1) is 14.3. The topological polar surface area (TPSA) is 84.9 Å². The van der Waals surface area contributed by atoms with E-state index in [9.17, 15) is 13.2 Å². The Bertz CT molecular complexity index is 1030. The number of benzene rings is 2. The standard InChI is InChI=1S/C22H28N2O5S/c1-15-7-9-18(30(26,27)24-11-5-6-12-24)14-19(15)22(25)23-16(2)17-8-10-20(28-3)21(13-17)29-4/h7-10,13-14,16H,5-6,11-12H2,1-4H3,(H,23,25). The summed E-state index contributed by atoms with van der Waals surface area (Å²) < 4.78 is 37.8. The lowest BCUT2D eigenvalue weighted by atomic mass is 10.1. The van der Waals surface area contributed by atoms with Crippen molar-refractivity contribution in [3.63, 3.8) is 0 Å². The molecule has 0 aliphatic carbocycles. The van der Waals surface area contributed by atoms with E-state index in [4.69, 9.17) is 9.47 Å². The number of hydrogen-bond acceptors (Lipinski definition) is 5. The fraction of sp³-hybridized carbons (Fsp3) is 0.409. The third kappa shape index (κ3) is 4.44. The number of ether oxygens (including phenoxy) is 2. The fourth-order valence-corrected chi connectivity index (χ4v) is 5.11. The average molecular weight is 433 g/mol. The molecule has 7 nitrogen and oxygen atoms in total. The van der Waals surface area contributed by atoms with Gasteiger partial charge in [-0.1, -0.05) is 12.1 Å². The number of hydrogen-bond donors (Lipinski definition) is 1. The van der Waals surface area contributed by atoms with E-state index in [2.05, 4.69) is 5.32 Å². The molecule has 0 bridgehead atoms. The molecular weight excluding hydrogens is 404 g/mol. The van der Waals surface area contributed by atoms with Crippen molar-refractivity contribution in [2.24, 2.45) is 0 Å². The monoisotopic (exact) mass is 432 g/mol. The summed E-state index contributed by atoms with van der Waals surface area (Å²) in [6, 6.07) is 9.86. The number of nitrogens with zero attached hydrogens (tertiary/aromatic N) is 1. The van der Waals surface area contributed by atoms with Crippen LogP contribution >= 0.6 is 0 Å². The van der Waals surface area contributed by atoms with Gasteiger partial charge in [-0.3, -0.25) is 4.79 Å². The van der Waals surface area contributed by atoms with Crippen LogP contribution in [0.5, 0.6) is 11.5 Å². The van der Waals surface area contributed by atoms with Gasteiger partial charge in [0.15, 0.2) is 11.5 Å². The van der Waals surface area contributed by atoms with Gasteiger partial charge in [0.05, 0.1) is 25.2 Å². The van der Waals surface area contributed by atoms with Crippen molar-refractivity contribution in [3.8, 4) is 11.5 Å². The van der Waals surface area contributed by atoms with Crippen molar-refractivity contribution in [1.29, 1.82) is 0 Å². The molecule has 1 heterocycles. The first kappa shape index (κ1) is 22.1. The predicted molar refractivity (Wildman–Crippen MR) is 115 cm³/mol. The van der Waals surface area contributed by atoms with Gasteiger partial charge in [0.25, 0.3) is 5.91 Å². The molecule has 1 unspecified atom stereocenters. The van der Waals surface area contributed by atoms with Crippen molar-refractivity contribution in [2.75, 3.05) is 27.3 Å². The van der Waals surface area contributed by atoms with Gasteiger partial charge in [0, 0.05) is 18.7 Å². The van der Waals surface area contributed by atoms with E-state index >= 15 is 0 Å². The lowest BCUT2D eigenvalue weighted by Gasteiger charge is -2.19. The van der Waals surface area contributed by atoms with Crippen LogP contribution in [0.25, 0.3) is 0 Å². The van der Waals surface area contributed by atoms with Gasteiger partial charge in [-0.05, 0) is 62.1 Å². The van der Waals surface area contributed by atoms with Crippen LogP contribution in [0.2, 0.25) is 0 Å². The summed E-state index contributed by atoms with van der Waals surface area (Å²) in [6.07, 6.45) is 1.72. The molecule has 1 amide bonds. The number of carbonyl (C=O) groups is 1. The molecule has 1 fully saturated rings. The molecule has 0 spiro atoms. The summed E-state index contributed by atoms with van der Waals surface area (Å²) in [4.78, 5) is 13.1. The molecule has 1 saturated heterocycles. The fourth-order valence-electron chi connectivity index (χ4n) is 3.56. The second kappa shape index (κ2) is 9.06. The highest BCUT2D eigenvalue weighted by Crippen LogP contribution is 2.30. The molecule has 1 N–H and O–H groups in total. The maximum Gasteiger partial charge on any atom is 0.252 e. The minimum atomic E-state index is -3.59. The summed E-state index contributed by atoms with van der Waals surface area (Å²) in [5.74, 6) is 0.856. The van der Waals surface area contributed by atoms with E-state index in [-0.39, 0.29) is 16.8 Å². The Balaban J connectivity index is 1.83. The molecule has 1 aliphatic heterocycles. The van der Waals surface area contributed by atoms with Gasteiger partial charge in [-0.2, -0.15) is 4.31 Å². The Hall–Kier alpha value is -2.58. The largest absolute Gasteiger partial charge is 0.493 e. The molecule has 2 aromatic rings. The summed E-state index contributed by atoms with van der Waals surface area (Å²) in [7, 11) is -0.466. The molecule has 0 saturated carbocycles. The molecular formula is C22H28N2O5S. The summed E-state index contributed by atoms with van der Waals surface area (Å²) in [6.45, 7) is 4.70. The van der Waals surface area contributed by atoms with E-state index in [0.717, 1.165) is 18.4 Å². The highest BCUT2D eigenvalue weighted by Gasteiger charge is 2.28. The van der Waals surface area contributed by atoms with Crippen LogP contribution in [-0.2, 0) is 10.0 Å². The zero-order valence-electron chi connectivity index (χ0n) is 17.8. The SMILES string of the molecule is COc1ccc(C(C)NC(=O)c2cc(S(=O)(=O)N3CCCC3)ccc2C)cc1OC. The molecule has 0 radical (unpaired) electrons. The molecule has 8 heteroatoms. The molecule has 3 rings (SSSR count). The van der Waals surface area contributed by atoms with Crippen molar-refractivity contribution in [2.45, 2.75) is 37.6 Å². The minimum Gasteiger partial charge on any atom is -0.493 e. The molecule has 1 atom stereocenters. The number of methoxy groups -OCH3 is 2. The van der Waals surface area contributed by atoms with Gasteiger partial charge in [-0.25, -0.2) is 8.42 Å². The van der Waals surface area contributed by atoms with Crippen molar-refractivity contribution in [1.82, 2.24) is 9.62 Å². The first-order valence-corrected chi connectivity index (χ1v) is 11.4. The Morgan fingerprint density at radius 1 is 1.03 bits per heavy atom. The number of aryl methyl sites for hydroxylation is 1. The van der Waals surface area contributed by atoms with Crippen LogP contribution in [0, 0.1) is 6.92 Å². The zero-order chi connectivity index (χ0) is 21.9. The third-order valence-corrected chi connectivity index (χ3v) is 7.31. The number of carbonyl (C=O) groups excluding carboxylic acids is 1. The van der Waals surface area contributed by atoms with E-state index < -0.39 is 10.0 Å². The van der Waals surface area contributed by atoms with Crippen molar-refractivity contribution >= 4 is 15.9 Å². The Labute approximate surface area is 178 Å². The van der Waals surface area contributed by atoms with E-state index in [1.54, 1.807) is 39.3 Å². The van der Waals surface area contributed by atoms with E-state index in [0.29, 0.717) is 35.7 Å². The van der Waals surface area contributed by atoms with Crippen LogP contribution in [-0.4, -0.2) is 45.9 Å². The van der Waals surface area contributed by atoms with Crippen LogP contribution in [0.1, 0.15) is 47.3 Å². The second-order valence-corrected chi connectivity index (χ2v) is 9.34. The smallest absolute Gasteiger partial charge is 0.252 e. The Kier molecular flexibility index (Phi) is 6.67. The van der Waals surface area contributed by atoms with Crippen LogP contribution in [0.15, 0.2) is 41.3 Å². The quantitative estimate of drug-likeness (QED) is 0.726. The van der Waals surface area contributed by atoms with Gasteiger partial charge < -0.3 is 14.8 Å². The first-order valence-electron chi connectivity index (χ1n) is 9.91. The summed E-state index contributed by atoms with van der Waals surface area (Å²) in [5.41, 5.74) is 1.91. The predicted octanol–water partition coefficient (Wildman–Crippen LogP) is 3.29. The number of nitrogens with one attached hydrogen (secondary N) is 1. The third-order valence-electron chi connectivity index (χ3n) is 5.41. The molecule has 2 aromatic carbocycles. The van der Waals surface area contributed by atoms with Crippen molar-refractivity contribution in [3.05, 3.63) is 53.1 Å². The summed E-state index contributed by atoms with van der Waals surface area (Å²) >= 11 is 0. The Morgan fingerprint density at radius 3 is 2.33 bits per heavy atom. The van der Waals surface area contributed by atoms with Crippen LogP contribution in [0.4, 0.5) is 0 Å². The van der Waals surface area contributed by atoms with Gasteiger partial charge in [0.2, 0.25) is 10.0 Å². The molecule has 1 aliphatic rings. The number of sulfonamides is 1. The zero-order valence-corrected chi connectivity index (χ0v) is 18.6. The lowest BCUT2D eigenvalue weighted by Crippen LogP contribution is -2.29. The minimum absolute atomic E-state index is 0.152. The number of rotatable bonds is 7. The normalized spacial score (nSPS) is 15.6. The Morgan fingerprint density at radius 2 is 1.70 bits per heavy atom. The van der Waals surface area contributed by atoms with Crippen LogP contribution in [0.3, 0.4) is 0 Å². The molecule has 0 aromatic heterocycles. The van der Waals surface area contributed by atoms with E-state index in [1.807, 2.05) is 19.1 Å². The average Bonchev–Trinajstić information content (AvgIpc) is 3.29. The maximum atomic E-state index is 13.0. The highest BCUT2D eigenvalue weighted by molar-refractivity contribution is 7.89. The second-order valence-electron chi connectivity index (χ2n) is 7.40. The summed E-state index contributed by atoms with van der Waals surface area (Å²) in [5, 5.41) is 2.95. The molecule has 162 valence electrons. The maximum absolute atomic E-state index is 13.0. The number of amides is 1. The van der Waals surface area contributed by atoms with Crippen LogP contribution < -0.4 is 14.8 Å². The van der Waals surface area contributed by atoms with E-state index in [1.165, 1.54) is 10.4 Å². The van der Waals surface area contributed by atoms with Gasteiger partial charge in [0.1, 0.15) is 0 Å². The van der Waals surface area contributed by atoms with Gasteiger partial charge in [-0.15, -0.1) is 0 Å². The van der Waals surface area contributed by atoms with Crippen molar-refractivity contribution < 1.29 is 22.7 Å². The van der Waals surface area contributed by atoms with Gasteiger partial charge >= 0.3 is 0 Å². The lowest BCUT2D eigenvalue weighted by molar-refractivity contribution is 0.0939. The highest BCUT2D eigenvalue weighted by atomic mass is 32.2.